The molecule has 0 saturated carbocycles. The topological polar surface area (TPSA) is 74.4 Å². The molecular weight excluding hydrogens is 256 g/mol. The first-order valence-corrected chi connectivity index (χ1v) is 7.58. The van der Waals surface area contributed by atoms with Gasteiger partial charge in [-0.1, -0.05) is 18.9 Å². The van der Waals surface area contributed by atoms with Crippen molar-refractivity contribution >= 4 is 6.01 Å². The zero-order chi connectivity index (χ0) is 14.4. The average Bonchev–Trinajstić information content (AvgIpc) is 2.88. The second-order valence-corrected chi connectivity index (χ2v) is 5.97. The Labute approximate surface area is 120 Å². The van der Waals surface area contributed by atoms with E-state index < -0.39 is 0 Å². The summed E-state index contributed by atoms with van der Waals surface area (Å²) in [6, 6.07) is 0.619. The number of anilines is 1. The predicted octanol–water partition coefficient (Wildman–Crippen LogP) is 1.41. The van der Waals surface area contributed by atoms with Gasteiger partial charge in [-0.05, 0) is 37.6 Å². The molecule has 1 atom stereocenters. The Morgan fingerprint density at radius 1 is 1.45 bits per heavy atom. The molecule has 1 aromatic rings. The molecule has 1 unspecified atom stereocenters. The van der Waals surface area contributed by atoms with E-state index in [4.69, 9.17) is 9.52 Å². The Balaban J connectivity index is 1.84. The summed E-state index contributed by atoms with van der Waals surface area (Å²) in [6.07, 6.45) is 3.15. The first-order valence-electron chi connectivity index (χ1n) is 7.58. The SMILES string of the molecule is CC(C)CNCc1nnc(N2CCCC(CCO)C2)o1. The normalized spacial score (nSPS) is 19.8. The maximum Gasteiger partial charge on any atom is 0.318 e. The van der Waals surface area contributed by atoms with E-state index >= 15 is 0 Å². The molecule has 114 valence electrons. The molecule has 1 aliphatic heterocycles. The van der Waals surface area contributed by atoms with E-state index in [1.54, 1.807) is 0 Å². The lowest BCUT2D eigenvalue weighted by Gasteiger charge is -2.30. The van der Waals surface area contributed by atoms with Crippen LogP contribution in [0.25, 0.3) is 0 Å². The molecule has 2 rings (SSSR count). The maximum absolute atomic E-state index is 9.04. The number of nitrogens with one attached hydrogen (secondary N) is 1. The highest BCUT2D eigenvalue weighted by Gasteiger charge is 2.23. The number of aliphatic hydroxyl groups excluding tert-OH is 1. The smallest absolute Gasteiger partial charge is 0.318 e. The second kappa shape index (κ2) is 7.59. The van der Waals surface area contributed by atoms with Crippen LogP contribution < -0.4 is 10.2 Å². The van der Waals surface area contributed by atoms with Crippen molar-refractivity contribution in [2.45, 2.75) is 39.7 Å². The minimum atomic E-state index is 0.257. The van der Waals surface area contributed by atoms with Crippen molar-refractivity contribution in [1.82, 2.24) is 15.5 Å². The van der Waals surface area contributed by atoms with Gasteiger partial charge in [0.25, 0.3) is 0 Å². The van der Waals surface area contributed by atoms with Crippen molar-refractivity contribution in [1.29, 1.82) is 0 Å². The van der Waals surface area contributed by atoms with Crippen LogP contribution in [0.2, 0.25) is 0 Å². The minimum absolute atomic E-state index is 0.257. The second-order valence-electron chi connectivity index (χ2n) is 5.97. The Hall–Kier alpha value is -1.14. The van der Waals surface area contributed by atoms with Gasteiger partial charge in [-0.3, -0.25) is 0 Å². The fourth-order valence-electron chi connectivity index (χ4n) is 2.57. The maximum atomic E-state index is 9.04. The van der Waals surface area contributed by atoms with Crippen molar-refractivity contribution < 1.29 is 9.52 Å². The molecule has 0 radical (unpaired) electrons. The van der Waals surface area contributed by atoms with E-state index in [0.29, 0.717) is 30.3 Å². The molecule has 6 heteroatoms. The summed E-state index contributed by atoms with van der Waals surface area (Å²) in [5.74, 6) is 1.78. The first kappa shape index (κ1) is 15.3. The quantitative estimate of drug-likeness (QED) is 0.788. The van der Waals surface area contributed by atoms with Gasteiger partial charge in [0, 0.05) is 19.7 Å². The van der Waals surface area contributed by atoms with Crippen LogP contribution in [0, 0.1) is 11.8 Å². The summed E-state index contributed by atoms with van der Waals surface area (Å²) < 4.78 is 5.71. The van der Waals surface area contributed by atoms with E-state index in [-0.39, 0.29) is 6.61 Å². The zero-order valence-electron chi connectivity index (χ0n) is 12.5. The fourth-order valence-corrected chi connectivity index (χ4v) is 2.57. The van der Waals surface area contributed by atoms with Crippen molar-refractivity contribution in [2.75, 3.05) is 31.1 Å². The van der Waals surface area contributed by atoms with Crippen LogP contribution in [-0.4, -0.2) is 41.5 Å². The molecule has 2 N–H and O–H groups in total. The Kier molecular flexibility index (Phi) is 5.79. The molecular formula is C14H26N4O2. The van der Waals surface area contributed by atoms with E-state index in [1.165, 1.54) is 6.42 Å². The molecule has 6 nitrogen and oxygen atoms in total. The molecule has 1 saturated heterocycles. The summed E-state index contributed by atoms with van der Waals surface area (Å²) in [6.45, 7) is 8.03. The van der Waals surface area contributed by atoms with Crippen LogP contribution >= 0.6 is 0 Å². The van der Waals surface area contributed by atoms with Gasteiger partial charge in [-0.2, -0.15) is 0 Å². The van der Waals surface area contributed by atoms with Gasteiger partial charge < -0.3 is 19.7 Å². The van der Waals surface area contributed by atoms with Gasteiger partial charge >= 0.3 is 6.01 Å². The van der Waals surface area contributed by atoms with E-state index in [0.717, 1.165) is 32.5 Å². The first-order chi connectivity index (χ1) is 9.69. The summed E-state index contributed by atoms with van der Waals surface area (Å²) in [7, 11) is 0. The summed E-state index contributed by atoms with van der Waals surface area (Å²) in [5.41, 5.74) is 0. The lowest BCUT2D eigenvalue weighted by molar-refractivity contribution is 0.242. The summed E-state index contributed by atoms with van der Waals surface area (Å²) in [4.78, 5) is 2.14. The third-order valence-electron chi connectivity index (χ3n) is 3.61. The Bertz CT molecular complexity index is 392. The Morgan fingerprint density at radius 2 is 2.30 bits per heavy atom. The van der Waals surface area contributed by atoms with Crippen LogP contribution in [0.5, 0.6) is 0 Å². The number of aromatic nitrogens is 2. The fraction of sp³-hybridized carbons (Fsp3) is 0.857. The minimum Gasteiger partial charge on any atom is -0.407 e. The number of aliphatic hydroxyl groups is 1. The third-order valence-corrected chi connectivity index (χ3v) is 3.61. The molecule has 20 heavy (non-hydrogen) atoms. The standard InChI is InChI=1S/C14H26N4O2/c1-11(2)8-15-9-13-16-17-14(20-13)18-6-3-4-12(10-18)5-7-19/h11-12,15,19H,3-10H2,1-2H3. The number of hydrogen-bond donors (Lipinski definition) is 2. The lowest BCUT2D eigenvalue weighted by atomic mass is 9.95. The molecule has 1 aromatic heterocycles. The van der Waals surface area contributed by atoms with E-state index in [9.17, 15) is 0 Å². The molecule has 1 aliphatic rings. The van der Waals surface area contributed by atoms with Crippen molar-refractivity contribution in [3.63, 3.8) is 0 Å². The van der Waals surface area contributed by atoms with Gasteiger partial charge in [0.05, 0.1) is 6.54 Å². The molecule has 2 heterocycles. The van der Waals surface area contributed by atoms with Gasteiger partial charge in [-0.15, -0.1) is 5.10 Å². The number of hydrogen-bond acceptors (Lipinski definition) is 6. The highest BCUT2D eigenvalue weighted by atomic mass is 16.4. The molecule has 0 aliphatic carbocycles. The van der Waals surface area contributed by atoms with Crippen molar-refractivity contribution in [3.05, 3.63) is 5.89 Å². The van der Waals surface area contributed by atoms with E-state index in [2.05, 4.69) is 34.3 Å². The van der Waals surface area contributed by atoms with Crippen LogP contribution in [0.15, 0.2) is 4.42 Å². The number of rotatable bonds is 7. The molecule has 1 fully saturated rings. The van der Waals surface area contributed by atoms with Gasteiger partial charge in [0.2, 0.25) is 5.89 Å². The highest BCUT2D eigenvalue weighted by Crippen LogP contribution is 2.23. The van der Waals surface area contributed by atoms with Crippen LogP contribution in [-0.2, 0) is 6.54 Å². The van der Waals surface area contributed by atoms with Crippen molar-refractivity contribution in [2.24, 2.45) is 11.8 Å². The third kappa shape index (κ3) is 4.45. The monoisotopic (exact) mass is 282 g/mol. The number of nitrogens with zero attached hydrogens (tertiary/aromatic N) is 3. The largest absolute Gasteiger partial charge is 0.407 e. The van der Waals surface area contributed by atoms with Gasteiger partial charge in [0.1, 0.15) is 0 Å². The molecule has 0 amide bonds. The molecule has 0 bridgehead atoms. The average molecular weight is 282 g/mol. The zero-order valence-corrected chi connectivity index (χ0v) is 12.5. The van der Waals surface area contributed by atoms with Crippen LogP contribution in [0.3, 0.4) is 0 Å². The van der Waals surface area contributed by atoms with Crippen LogP contribution in [0.1, 0.15) is 39.0 Å². The van der Waals surface area contributed by atoms with Crippen molar-refractivity contribution in [3.8, 4) is 0 Å². The number of piperidine rings is 1. The molecule has 0 spiro atoms. The van der Waals surface area contributed by atoms with Gasteiger partial charge in [-0.25, -0.2) is 0 Å². The summed E-state index contributed by atoms with van der Waals surface area (Å²) in [5, 5.41) is 20.6. The molecule has 0 aromatic carbocycles. The van der Waals surface area contributed by atoms with E-state index in [1.807, 2.05) is 0 Å². The highest BCUT2D eigenvalue weighted by molar-refractivity contribution is 5.25. The van der Waals surface area contributed by atoms with Gasteiger partial charge in [0.15, 0.2) is 0 Å². The predicted molar refractivity (Wildman–Crippen MR) is 77.5 cm³/mol. The lowest BCUT2D eigenvalue weighted by Crippen LogP contribution is -2.36. The Morgan fingerprint density at radius 3 is 3.05 bits per heavy atom. The summed E-state index contributed by atoms with van der Waals surface area (Å²) >= 11 is 0. The van der Waals surface area contributed by atoms with Crippen LogP contribution in [0.4, 0.5) is 6.01 Å².